The smallest absolute Gasteiger partial charge is 0.407 e. The molecule has 1 fully saturated rings. The zero-order chi connectivity index (χ0) is 12.3. The predicted octanol–water partition coefficient (Wildman–Crippen LogP) is 1.69. The molecule has 2 rings (SSSR count). The summed E-state index contributed by atoms with van der Waals surface area (Å²) in [6, 6.07) is 8.91. The molecule has 0 spiro atoms. The van der Waals surface area contributed by atoms with Crippen molar-refractivity contribution in [2.24, 2.45) is 0 Å². The van der Waals surface area contributed by atoms with Gasteiger partial charge in [0.1, 0.15) is 11.9 Å². The Balaban J connectivity index is 1.98. The molecule has 5 heteroatoms. The van der Waals surface area contributed by atoms with Crippen LogP contribution in [0.4, 0.5) is 4.79 Å². The van der Waals surface area contributed by atoms with Crippen LogP contribution < -0.4 is 4.74 Å². The lowest BCUT2D eigenvalue weighted by Crippen LogP contribution is -2.29. The molecule has 1 saturated heterocycles. The van der Waals surface area contributed by atoms with Crippen LogP contribution in [0.2, 0.25) is 0 Å². The summed E-state index contributed by atoms with van der Waals surface area (Å²) in [7, 11) is 0. The van der Waals surface area contributed by atoms with Crippen molar-refractivity contribution in [1.29, 1.82) is 5.26 Å². The van der Waals surface area contributed by atoms with Crippen LogP contribution in [-0.2, 0) is 0 Å². The highest BCUT2D eigenvalue weighted by Gasteiger charge is 2.27. The van der Waals surface area contributed by atoms with Gasteiger partial charge in [-0.05, 0) is 18.2 Å². The zero-order valence-corrected chi connectivity index (χ0v) is 9.17. The minimum Gasteiger partial charge on any atom is -0.488 e. The van der Waals surface area contributed by atoms with Crippen LogP contribution in [0, 0.1) is 11.3 Å². The highest BCUT2D eigenvalue weighted by Crippen LogP contribution is 2.19. The van der Waals surface area contributed by atoms with E-state index in [1.807, 2.05) is 6.07 Å². The monoisotopic (exact) mass is 232 g/mol. The Bertz CT molecular complexity index is 467. The maximum absolute atomic E-state index is 10.7. The van der Waals surface area contributed by atoms with Crippen LogP contribution in [0.3, 0.4) is 0 Å². The summed E-state index contributed by atoms with van der Waals surface area (Å²) in [5.74, 6) is 0.612. The minimum absolute atomic E-state index is 0.125. The maximum Gasteiger partial charge on any atom is 0.407 e. The number of nitrogens with zero attached hydrogens (tertiary/aromatic N) is 2. The van der Waals surface area contributed by atoms with E-state index in [4.69, 9.17) is 15.1 Å². The molecule has 1 atom stereocenters. The van der Waals surface area contributed by atoms with Crippen LogP contribution in [-0.4, -0.2) is 35.3 Å². The van der Waals surface area contributed by atoms with E-state index in [0.29, 0.717) is 30.8 Å². The van der Waals surface area contributed by atoms with E-state index < -0.39 is 6.09 Å². The minimum atomic E-state index is -0.915. The van der Waals surface area contributed by atoms with Crippen LogP contribution >= 0.6 is 0 Å². The molecule has 0 radical (unpaired) electrons. The Morgan fingerprint density at radius 3 is 3.06 bits per heavy atom. The first-order chi connectivity index (χ1) is 8.19. The van der Waals surface area contributed by atoms with E-state index in [1.54, 1.807) is 24.3 Å². The Kier molecular flexibility index (Phi) is 3.15. The zero-order valence-electron chi connectivity index (χ0n) is 9.17. The summed E-state index contributed by atoms with van der Waals surface area (Å²) in [6.07, 6.45) is -0.356. The fourth-order valence-corrected chi connectivity index (χ4v) is 1.83. The number of amides is 1. The van der Waals surface area contributed by atoms with Crippen molar-refractivity contribution >= 4 is 6.09 Å². The quantitative estimate of drug-likeness (QED) is 0.842. The average molecular weight is 232 g/mol. The summed E-state index contributed by atoms with van der Waals surface area (Å²) in [6.45, 7) is 0.879. The Labute approximate surface area is 98.8 Å². The van der Waals surface area contributed by atoms with Crippen molar-refractivity contribution < 1.29 is 14.6 Å². The summed E-state index contributed by atoms with van der Waals surface area (Å²) in [5, 5.41) is 17.6. The highest BCUT2D eigenvalue weighted by atomic mass is 16.5. The molecular weight excluding hydrogens is 220 g/mol. The van der Waals surface area contributed by atoms with Crippen LogP contribution in [0.25, 0.3) is 0 Å². The third kappa shape index (κ3) is 2.67. The average Bonchev–Trinajstić information content (AvgIpc) is 2.78. The lowest BCUT2D eigenvalue weighted by Gasteiger charge is -2.14. The normalized spacial score (nSPS) is 18.8. The summed E-state index contributed by atoms with van der Waals surface area (Å²) in [5.41, 5.74) is 0.538. The third-order valence-electron chi connectivity index (χ3n) is 2.68. The van der Waals surface area contributed by atoms with E-state index in [-0.39, 0.29) is 6.10 Å². The number of likely N-dealkylation sites (tertiary alicyclic amines) is 1. The fraction of sp³-hybridized carbons (Fsp3) is 0.333. The second-order valence-corrected chi connectivity index (χ2v) is 3.90. The molecule has 1 heterocycles. The van der Waals surface area contributed by atoms with Crippen molar-refractivity contribution in [3.8, 4) is 11.8 Å². The SMILES string of the molecule is N#Cc1cccc(O[C@H]2CCN(C(=O)O)C2)c1. The van der Waals surface area contributed by atoms with Gasteiger partial charge in [0.05, 0.1) is 18.2 Å². The highest BCUT2D eigenvalue weighted by molar-refractivity contribution is 5.65. The molecule has 1 aliphatic rings. The number of ether oxygens (including phenoxy) is 1. The van der Waals surface area contributed by atoms with Gasteiger partial charge in [-0.15, -0.1) is 0 Å². The van der Waals surface area contributed by atoms with Gasteiger partial charge in [0.15, 0.2) is 0 Å². The van der Waals surface area contributed by atoms with Gasteiger partial charge >= 0.3 is 6.09 Å². The Morgan fingerprint density at radius 1 is 1.59 bits per heavy atom. The lowest BCUT2D eigenvalue weighted by molar-refractivity contribution is 0.145. The van der Waals surface area contributed by atoms with Gasteiger partial charge in [-0.3, -0.25) is 0 Å². The first-order valence-corrected chi connectivity index (χ1v) is 5.34. The predicted molar refractivity (Wildman–Crippen MR) is 59.8 cm³/mol. The molecule has 1 N–H and O–H groups in total. The fourth-order valence-electron chi connectivity index (χ4n) is 1.83. The standard InChI is InChI=1S/C12H12N2O3/c13-7-9-2-1-3-10(6-9)17-11-4-5-14(8-11)12(15)16/h1-3,6,11H,4-5,8H2,(H,15,16)/t11-/m0/s1. The van der Waals surface area contributed by atoms with Gasteiger partial charge in [-0.1, -0.05) is 6.07 Å². The number of benzene rings is 1. The molecule has 1 aromatic carbocycles. The number of nitriles is 1. The second kappa shape index (κ2) is 4.74. The topological polar surface area (TPSA) is 73.6 Å². The number of hydrogen-bond donors (Lipinski definition) is 1. The largest absolute Gasteiger partial charge is 0.488 e. The van der Waals surface area contributed by atoms with E-state index in [0.717, 1.165) is 0 Å². The van der Waals surface area contributed by atoms with Crippen molar-refractivity contribution in [1.82, 2.24) is 4.90 Å². The van der Waals surface area contributed by atoms with Gasteiger partial charge in [0, 0.05) is 13.0 Å². The number of carboxylic acid groups (broad SMARTS) is 1. The first kappa shape index (κ1) is 11.3. The van der Waals surface area contributed by atoms with E-state index in [1.165, 1.54) is 4.90 Å². The molecule has 1 amide bonds. The molecule has 1 aliphatic heterocycles. The number of carbonyl (C=O) groups is 1. The van der Waals surface area contributed by atoms with Gasteiger partial charge in [-0.2, -0.15) is 5.26 Å². The Morgan fingerprint density at radius 2 is 2.41 bits per heavy atom. The van der Waals surface area contributed by atoms with E-state index in [9.17, 15) is 4.79 Å². The molecule has 0 bridgehead atoms. The molecule has 0 saturated carbocycles. The molecule has 17 heavy (non-hydrogen) atoms. The van der Waals surface area contributed by atoms with Gasteiger partial charge in [0.2, 0.25) is 0 Å². The summed E-state index contributed by atoms with van der Waals surface area (Å²) in [4.78, 5) is 12.1. The van der Waals surface area contributed by atoms with Gasteiger partial charge in [0.25, 0.3) is 0 Å². The van der Waals surface area contributed by atoms with Gasteiger partial charge < -0.3 is 14.7 Å². The first-order valence-electron chi connectivity index (χ1n) is 5.34. The lowest BCUT2D eigenvalue weighted by atomic mass is 10.2. The molecule has 0 aromatic heterocycles. The molecule has 0 unspecified atom stereocenters. The maximum atomic E-state index is 10.7. The molecule has 5 nitrogen and oxygen atoms in total. The number of hydrogen-bond acceptors (Lipinski definition) is 3. The van der Waals surface area contributed by atoms with Crippen LogP contribution in [0.15, 0.2) is 24.3 Å². The van der Waals surface area contributed by atoms with Crippen LogP contribution in [0.1, 0.15) is 12.0 Å². The second-order valence-electron chi connectivity index (χ2n) is 3.90. The van der Waals surface area contributed by atoms with Crippen molar-refractivity contribution in [3.05, 3.63) is 29.8 Å². The van der Waals surface area contributed by atoms with Crippen molar-refractivity contribution in [3.63, 3.8) is 0 Å². The number of rotatable bonds is 2. The van der Waals surface area contributed by atoms with E-state index in [2.05, 4.69) is 0 Å². The molecule has 0 aliphatic carbocycles. The van der Waals surface area contributed by atoms with Crippen LogP contribution in [0.5, 0.6) is 5.75 Å². The molecular formula is C12H12N2O3. The Hall–Kier alpha value is -2.22. The van der Waals surface area contributed by atoms with Crippen molar-refractivity contribution in [2.75, 3.05) is 13.1 Å². The van der Waals surface area contributed by atoms with Gasteiger partial charge in [-0.25, -0.2) is 4.79 Å². The summed E-state index contributed by atoms with van der Waals surface area (Å²) < 4.78 is 5.64. The third-order valence-corrected chi connectivity index (χ3v) is 2.68. The molecule has 88 valence electrons. The summed E-state index contributed by atoms with van der Waals surface area (Å²) >= 11 is 0. The molecule has 1 aromatic rings. The van der Waals surface area contributed by atoms with E-state index >= 15 is 0 Å². The van der Waals surface area contributed by atoms with Crippen molar-refractivity contribution in [2.45, 2.75) is 12.5 Å².